The van der Waals surface area contributed by atoms with Crippen LogP contribution in [-0.4, -0.2) is 15.2 Å². The van der Waals surface area contributed by atoms with Crippen LogP contribution in [0.25, 0.3) is 0 Å². The molecule has 0 spiro atoms. The second kappa shape index (κ2) is 4.61. The molecule has 0 aliphatic heterocycles. The van der Waals surface area contributed by atoms with Crippen LogP contribution in [0.4, 0.5) is 11.6 Å². The van der Waals surface area contributed by atoms with Gasteiger partial charge in [-0.25, -0.2) is 4.98 Å². The van der Waals surface area contributed by atoms with Gasteiger partial charge in [0.1, 0.15) is 5.15 Å². The number of nitrogens with one attached hydrogen (secondary N) is 2. The highest BCUT2D eigenvalue weighted by Crippen LogP contribution is 2.40. The number of H-pyrrole nitrogens is 1. The van der Waals surface area contributed by atoms with Crippen LogP contribution < -0.4 is 5.32 Å². The maximum Gasteiger partial charge on any atom is 0.153 e. The fourth-order valence-corrected chi connectivity index (χ4v) is 2.20. The maximum atomic E-state index is 6.03. The SMILES string of the molecule is Clc1cc(Cl)c(Nc2cc(C3CC3)[nH]n2)nc1Cl. The van der Waals surface area contributed by atoms with Crippen molar-refractivity contribution in [1.29, 1.82) is 0 Å². The van der Waals surface area contributed by atoms with Crippen molar-refractivity contribution >= 4 is 46.4 Å². The lowest BCUT2D eigenvalue weighted by Gasteiger charge is -2.05. The second-order valence-electron chi connectivity index (χ2n) is 4.20. The molecule has 0 aromatic carbocycles. The zero-order chi connectivity index (χ0) is 12.7. The molecule has 1 aliphatic carbocycles. The molecule has 0 unspecified atom stereocenters. The Morgan fingerprint density at radius 2 is 1.94 bits per heavy atom. The Bertz CT molecular complexity index is 592. The number of rotatable bonds is 3. The number of hydrogen-bond donors (Lipinski definition) is 2. The summed E-state index contributed by atoms with van der Waals surface area (Å²) < 4.78 is 0. The molecule has 0 radical (unpaired) electrons. The van der Waals surface area contributed by atoms with Gasteiger partial charge in [0, 0.05) is 17.7 Å². The van der Waals surface area contributed by atoms with Crippen molar-refractivity contribution in [2.24, 2.45) is 0 Å². The molecule has 0 amide bonds. The van der Waals surface area contributed by atoms with E-state index in [1.807, 2.05) is 6.07 Å². The number of aromatic nitrogens is 3. The maximum absolute atomic E-state index is 6.03. The standard InChI is InChI=1S/C11H9Cl3N4/c12-6-3-7(13)11(16-10(6)14)15-9-4-8(17-18-9)5-1-2-5/h3-5H,1-2H2,(H2,15,16,17,18). The van der Waals surface area contributed by atoms with Crippen molar-refractivity contribution in [3.05, 3.63) is 33.0 Å². The summed E-state index contributed by atoms with van der Waals surface area (Å²) in [6.45, 7) is 0. The number of hydrogen-bond acceptors (Lipinski definition) is 3. The van der Waals surface area contributed by atoms with Gasteiger partial charge in [-0.2, -0.15) is 5.10 Å². The Morgan fingerprint density at radius 3 is 2.67 bits per heavy atom. The van der Waals surface area contributed by atoms with Crippen molar-refractivity contribution in [3.63, 3.8) is 0 Å². The van der Waals surface area contributed by atoms with Gasteiger partial charge in [0.25, 0.3) is 0 Å². The minimum absolute atomic E-state index is 0.210. The van der Waals surface area contributed by atoms with E-state index in [2.05, 4.69) is 20.5 Å². The van der Waals surface area contributed by atoms with Crippen LogP contribution in [0, 0.1) is 0 Å². The number of pyridine rings is 1. The van der Waals surface area contributed by atoms with Crippen molar-refractivity contribution in [1.82, 2.24) is 15.2 Å². The van der Waals surface area contributed by atoms with E-state index in [1.165, 1.54) is 12.8 Å². The first-order valence-corrected chi connectivity index (χ1v) is 6.61. The molecule has 0 atom stereocenters. The zero-order valence-electron chi connectivity index (χ0n) is 9.17. The predicted molar refractivity (Wildman–Crippen MR) is 73.1 cm³/mol. The number of aromatic amines is 1. The third kappa shape index (κ3) is 2.41. The minimum Gasteiger partial charge on any atom is -0.322 e. The van der Waals surface area contributed by atoms with E-state index >= 15 is 0 Å². The molecule has 4 nitrogen and oxygen atoms in total. The number of nitrogens with zero attached hydrogens (tertiary/aromatic N) is 2. The summed E-state index contributed by atoms with van der Waals surface area (Å²) in [6.07, 6.45) is 2.43. The Morgan fingerprint density at radius 1 is 1.17 bits per heavy atom. The van der Waals surface area contributed by atoms with E-state index in [0.29, 0.717) is 27.6 Å². The highest BCUT2D eigenvalue weighted by atomic mass is 35.5. The smallest absolute Gasteiger partial charge is 0.153 e. The van der Waals surface area contributed by atoms with E-state index in [4.69, 9.17) is 34.8 Å². The topological polar surface area (TPSA) is 53.6 Å². The van der Waals surface area contributed by atoms with E-state index in [9.17, 15) is 0 Å². The first-order chi connectivity index (χ1) is 8.63. The Hall–Kier alpha value is -0.970. The fourth-order valence-electron chi connectivity index (χ4n) is 1.66. The van der Waals surface area contributed by atoms with Crippen molar-refractivity contribution < 1.29 is 0 Å². The lowest BCUT2D eigenvalue weighted by Crippen LogP contribution is -1.95. The van der Waals surface area contributed by atoms with Crippen LogP contribution >= 0.6 is 34.8 Å². The van der Waals surface area contributed by atoms with Crippen LogP contribution in [0.5, 0.6) is 0 Å². The lowest BCUT2D eigenvalue weighted by atomic mass is 10.3. The van der Waals surface area contributed by atoms with Gasteiger partial charge in [-0.15, -0.1) is 0 Å². The third-order valence-electron chi connectivity index (χ3n) is 2.75. The molecule has 1 fully saturated rings. The van der Waals surface area contributed by atoms with Gasteiger partial charge < -0.3 is 5.32 Å². The molecule has 2 aromatic rings. The van der Waals surface area contributed by atoms with Gasteiger partial charge in [-0.05, 0) is 18.9 Å². The summed E-state index contributed by atoms with van der Waals surface area (Å²) in [5, 5.41) is 11.1. The molecule has 0 bridgehead atoms. The second-order valence-corrected chi connectivity index (χ2v) is 5.37. The molecule has 3 rings (SSSR count). The summed E-state index contributed by atoms with van der Waals surface area (Å²) >= 11 is 17.7. The quantitative estimate of drug-likeness (QED) is 0.827. The molecule has 7 heteroatoms. The molecule has 2 heterocycles. The lowest BCUT2D eigenvalue weighted by molar-refractivity contribution is 0.966. The fraction of sp³-hybridized carbons (Fsp3) is 0.273. The van der Waals surface area contributed by atoms with Crippen molar-refractivity contribution in [2.45, 2.75) is 18.8 Å². The van der Waals surface area contributed by atoms with Crippen LogP contribution in [0.15, 0.2) is 12.1 Å². The molecule has 94 valence electrons. The van der Waals surface area contributed by atoms with Gasteiger partial charge in [0.05, 0.1) is 10.0 Å². The van der Waals surface area contributed by atoms with E-state index < -0.39 is 0 Å². The summed E-state index contributed by atoms with van der Waals surface area (Å²) in [7, 11) is 0. The minimum atomic E-state index is 0.210. The van der Waals surface area contributed by atoms with Gasteiger partial charge in [0.15, 0.2) is 11.6 Å². The highest BCUT2D eigenvalue weighted by molar-refractivity contribution is 6.42. The van der Waals surface area contributed by atoms with Crippen LogP contribution in [0.2, 0.25) is 15.2 Å². The highest BCUT2D eigenvalue weighted by Gasteiger charge is 2.25. The Balaban J connectivity index is 1.84. The number of anilines is 2. The largest absolute Gasteiger partial charge is 0.322 e. The van der Waals surface area contributed by atoms with Gasteiger partial charge in [-0.1, -0.05) is 34.8 Å². The third-order valence-corrected chi connectivity index (χ3v) is 3.71. The van der Waals surface area contributed by atoms with Crippen LogP contribution in [0.1, 0.15) is 24.5 Å². The van der Waals surface area contributed by atoms with Crippen LogP contribution in [0.3, 0.4) is 0 Å². The molecule has 0 saturated heterocycles. The average molecular weight is 304 g/mol. The Labute approximate surface area is 119 Å². The molecule has 18 heavy (non-hydrogen) atoms. The Kier molecular flexibility index (Phi) is 3.09. The first-order valence-electron chi connectivity index (χ1n) is 5.47. The first kappa shape index (κ1) is 12.1. The van der Waals surface area contributed by atoms with E-state index in [0.717, 1.165) is 5.69 Å². The van der Waals surface area contributed by atoms with Gasteiger partial charge >= 0.3 is 0 Å². The van der Waals surface area contributed by atoms with E-state index in [1.54, 1.807) is 6.07 Å². The predicted octanol–water partition coefficient (Wildman–Crippen LogP) is 4.39. The molecule has 1 aliphatic rings. The molecular weight excluding hydrogens is 295 g/mol. The summed E-state index contributed by atoms with van der Waals surface area (Å²) in [5.41, 5.74) is 1.13. The zero-order valence-corrected chi connectivity index (χ0v) is 11.4. The normalized spacial score (nSPS) is 14.8. The summed E-state index contributed by atoms with van der Waals surface area (Å²) in [6, 6.07) is 3.51. The molecule has 2 N–H and O–H groups in total. The molecule has 1 saturated carbocycles. The summed E-state index contributed by atoms with van der Waals surface area (Å²) in [4.78, 5) is 4.07. The van der Waals surface area contributed by atoms with Crippen molar-refractivity contribution in [2.75, 3.05) is 5.32 Å². The summed E-state index contributed by atoms with van der Waals surface area (Å²) in [5.74, 6) is 1.73. The monoisotopic (exact) mass is 302 g/mol. The number of halogens is 3. The van der Waals surface area contributed by atoms with Gasteiger partial charge in [0.2, 0.25) is 0 Å². The van der Waals surface area contributed by atoms with Gasteiger partial charge in [-0.3, -0.25) is 5.10 Å². The van der Waals surface area contributed by atoms with E-state index in [-0.39, 0.29) is 5.15 Å². The molecular formula is C11H9Cl3N4. The van der Waals surface area contributed by atoms with Crippen molar-refractivity contribution in [3.8, 4) is 0 Å². The average Bonchev–Trinajstić information content (AvgIpc) is 3.07. The molecule has 2 aromatic heterocycles. The van der Waals surface area contributed by atoms with Crippen LogP contribution in [-0.2, 0) is 0 Å².